The van der Waals surface area contributed by atoms with Crippen LogP contribution in [0.1, 0.15) is 49.6 Å². The highest BCUT2D eigenvalue weighted by atomic mass is 32.1. The van der Waals surface area contributed by atoms with Gasteiger partial charge in [-0.25, -0.2) is 9.97 Å². The van der Waals surface area contributed by atoms with Gasteiger partial charge in [0.05, 0.1) is 12.5 Å². The van der Waals surface area contributed by atoms with Crippen molar-refractivity contribution in [3.05, 3.63) is 52.7 Å². The van der Waals surface area contributed by atoms with Crippen LogP contribution in [0.25, 0.3) is 16.3 Å². The zero-order valence-electron chi connectivity index (χ0n) is 18.7. The third kappa shape index (κ3) is 4.49. The number of nitrogens with zero attached hydrogens (tertiary/aromatic N) is 3. The van der Waals surface area contributed by atoms with E-state index < -0.39 is 0 Å². The maximum Gasteiger partial charge on any atom is 0.158 e. The third-order valence-corrected chi connectivity index (χ3v) is 7.80. The Morgan fingerprint density at radius 1 is 1.29 bits per heavy atom. The predicted molar refractivity (Wildman–Crippen MR) is 131 cm³/mol. The summed E-state index contributed by atoms with van der Waals surface area (Å²) in [5.41, 5.74) is 5.92. The first kappa shape index (κ1) is 21.5. The van der Waals surface area contributed by atoms with E-state index in [0.717, 1.165) is 40.2 Å². The molecule has 1 unspecified atom stereocenters. The minimum absolute atomic E-state index is 0.344. The van der Waals surface area contributed by atoms with Crippen LogP contribution in [0.15, 0.2) is 41.8 Å². The largest absolute Gasteiger partial charge is 0.496 e. The lowest BCUT2D eigenvalue weighted by Gasteiger charge is -2.36. The van der Waals surface area contributed by atoms with E-state index in [9.17, 15) is 0 Å². The Morgan fingerprint density at radius 3 is 2.94 bits per heavy atom. The summed E-state index contributed by atoms with van der Waals surface area (Å²) in [4.78, 5) is 11.6. The van der Waals surface area contributed by atoms with Crippen molar-refractivity contribution in [1.29, 1.82) is 0 Å². The summed E-state index contributed by atoms with van der Waals surface area (Å²) in [5, 5.41) is 5.53. The van der Waals surface area contributed by atoms with E-state index in [1.165, 1.54) is 23.3 Å². The van der Waals surface area contributed by atoms with Crippen molar-refractivity contribution in [1.82, 2.24) is 9.97 Å². The number of benzene rings is 1. The summed E-state index contributed by atoms with van der Waals surface area (Å²) in [6.07, 6.45) is 11.9. The summed E-state index contributed by atoms with van der Waals surface area (Å²) < 4.78 is 5.38. The highest BCUT2D eigenvalue weighted by molar-refractivity contribution is 7.19. The molecule has 3 aromatic rings. The van der Waals surface area contributed by atoms with E-state index in [0.29, 0.717) is 11.3 Å². The fraction of sp³-hybridized carbons (Fsp3) is 0.400. The van der Waals surface area contributed by atoms with Gasteiger partial charge in [0, 0.05) is 16.7 Å². The van der Waals surface area contributed by atoms with Crippen LogP contribution in [0.3, 0.4) is 0 Å². The van der Waals surface area contributed by atoms with Gasteiger partial charge < -0.3 is 4.74 Å². The summed E-state index contributed by atoms with van der Waals surface area (Å²) in [6.45, 7) is 7.08. The number of rotatable bonds is 7. The average molecular weight is 435 g/mol. The molecule has 0 saturated carbocycles. The summed E-state index contributed by atoms with van der Waals surface area (Å²) in [6, 6.07) is 7.90. The average Bonchev–Trinajstić information content (AvgIpc) is 3.17. The normalized spacial score (nSPS) is 16.8. The van der Waals surface area contributed by atoms with Crippen LogP contribution in [0.5, 0.6) is 5.75 Å². The number of aryl methyl sites for hydroxylation is 1. The maximum absolute atomic E-state index is 5.38. The van der Waals surface area contributed by atoms with Gasteiger partial charge in [0.25, 0.3) is 0 Å². The quantitative estimate of drug-likeness (QED) is 0.348. The Bertz CT molecular complexity index is 1120. The molecule has 0 radical (unpaired) electrons. The van der Waals surface area contributed by atoms with Gasteiger partial charge in [-0.15, -0.1) is 11.3 Å². The number of para-hydroxylation sites is 1. The van der Waals surface area contributed by atoms with Crippen LogP contribution in [0, 0.1) is 11.3 Å². The number of fused-ring (bicyclic) bond motifs is 3. The molecule has 0 bridgehead atoms. The van der Waals surface area contributed by atoms with Crippen molar-refractivity contribution >= 4 is 39.7 Å². The molecule has 6 heteroatoms. The van der Waals surface area contributed by atoms with Crippen molar-refractivity contribution in [2.45, 2.75) is 46.5 Å². The van der Waals surface area contributed by atoms with Gasteiger partial charge in [-0.2, -0.15) is 5.10 Å². The first-order valence-corrected chi connectivity index (χ1v) is 11.7. The molecule has 1 aliphatic rings. The number of allylic oxidation sites excluding steroid dienone is 1. The van der Waals surface area contributed by atoms with Gasteiger partial charge in [-0.05, 0) is 54.4 Å². The molecule has 0 saturated heterocycles. The molecule has 1 aromatic carbocycles. The molecule has 0 aliphatic heterocycles. The van der Waals surface area contributed by atoms with Crippen molar-refractivity contribution in [2.24, 2.45) is 16.4 Å². The molecule has 162 valence electrons. The van der Waals surface area contributed by atoms with Gasteiger partial charge in [0.1, 0.15) is 16.9 Å². The van der Waals surface area contributed by atoms with Crippen molar-refractivity contribution in [3.8, 4) is 5.75 Å². The molecule has 1 N–H and O–H groups in total. The molecule has 2 aromatic heterocycles. The van der Waals surface area contributed by atoms with Crippen molar-refractivity contribution in [3.63, 3.8) is 0 Å². The maximum atomic E-state index is 5.38. The molecule has 0 fully saturated rings. The number of hydrazone groups is 1. The number of ether oxygens (including phenoxy) is 1. The predicted octanol–water partition coefficient (Wildman–Crippen LogP) is 6.35. The molecule has 0 spiro atoms. The topological polar surface area (TPSA) is 59.4 Å². The lowest BCUT2D eigenvalue weighted by molar-refractivity contribution is 0.184. The molecule has 4 rings (SSSR count). The van der Waals surface area contributed by atoms with Crippen LogP contribution in [0.4, 0.5) is 5.82 Å². The van der Waals surface area contributed by atoms with Crippen LogP contribution < -0.4 is 10.2 Å². The van der Waals surface area contributed by atoms with E-state index in [1.54, 1.807) is 19.7 Å². The third-order valence-electron chi connectivity index (χ3n) is 6.60. The number of anilines is 1. The van der Waals surface area contributed by atoms with E-state index in [-0.39, 0.29) is 0 Å². The highest BCUT2D eigenvalue weighted by Gasteiger charge is 2.33. The molecular weight excluding hydrogens is 404 g/mol. The SMILES string of the molecule is CCC(C)(C)C1CCc2sc3ncnc(NN=CC=Cc4ccccc4OC)c3c2C1. The smallest absolute Gasteiger partial charge is 0.158 e. The molecule has 0 amide bonds. The molecule has 1 aliphatic carbocycles. The molecular formula is C25H30N4OS. The Morgan fingerprint density at radius 2 is 2.13 bits per heavy atom. The van der Waals surface area contributed by atoms with Crippen LogP contribution in [0.2, 0.25) is 0 Å². The second kappa shape index (κ2) is 9.18. The monoisotopic (exact) mass is 434 g/mol. The highest BCUT2D eigenvalue weighted by Crippen LogP contribution is 2.45. The van der Waals surface area contributed by atoms with Crippen LogP contribution in [-0.2, 0) is 12.8 Å². The molecule has 1 atom stereocenters. The van der Waals surface area contributed by atoms with Gasteiger partial charge in [-0.1, -0.05) is 45.4 Å². The summed E-state index contributed by atoms with van der Waals surface area (Å²) in [5.74, 6) is 2.31. The fourth-order valence-electron chi connectivity index (χ4n) is 4.24. The summed E-state index contributed by atoms with van der Waals surface area (Å²) in [7, 11) is 1.68. The van der Waals surface area contributed by atoms with Crippen LogP contribution in [-0.4, -0.2) is 23.3 Å². The fourth-order valence-corrected chi connectivity index (χ4v) is 5.42. The second-order valence-electron chi connectivity index (χ2n) is 8.68. The van der Waals surface area contributed by atoms with Gasteiger partial charge in [0.15, 0.2) is 5.82 Å². The molecule has 2 heterocycles. The lowest BCUT2D eigenvalue weighted by atomic mass is 9.69. The van der Waals surface area contributed by atoms with Crippen molar-refractivity contribution in [2.75, 3.05) is 12.5 Å². The van der Waals surface area contributed by atoms with Crippen molar-refractivity contribution < 1.29 is 4.74 Å². The molecule has 31 heavy (non-hydrogen) atoms. The zero-order chi connectivity index (χ0) is 21.8. The Balaban J connectivity index is 1.55. The number of aromatic nitrogens is 2. The number of hydrogen-bond acceptors (Lipinski definition) is 6. The number of thiophene rings is 1. The number of methoxy groups -OCH3 is 1. The second-order valence-corrected chi connectivity index (χ2v) is 9.76. The Hall–Kier alpha value is -2.73. The van der Waals surface area contributed by atoms with E-state index in [4.69, 9.17) is 4.74 Å². The zero-order valence-corrected chi connectivity index (χ0v) is 19.5. The van der Waals surface area contributed by atoms with E-state index in [2.05, 4.69) is 41.3 Å². The van der Waals surface area contributed by atoms with Gasteiger partial charge in [0.2, 0.25) is 0 Å². The number of hydrogen-bond donors (Lipinski definition) is 1. The molecule has 5 nitrogen and oxygen atoms in total. The standard InChI is InChI=1S/C25H30N4OS/c1-5-25(2,3)18-12-13-21-19(15-18)22-23(26-16-27-24(22)31-21)29-28-14-8-10-17-9-6-7-11-20(17)30-4/h6-11,14,16,18H,5,12-13,15H2,1-4H3,(H,26,27,29). The Labute approximate surface area is 188 Å². The lowest BCUT2D eigenvalue weighted by Crippen LogP contribution is -2.28. The first-order valence-electron chi connectivity index (χ1n) is 10.9. The van der Waals surface area contributed by atoms with E-state index >= 15 is 0 Å². The summed E-state index contributed by atoms with van der Waals surface area (Å²) >= 11 is 1.81. The minimum atomic E-state index is 0.344. The van der Waals surface area contributed by atoms with Crippen LogP contribution >= 0.6 is 11.3 Å². The van der Waals surface area contributed by atoms with Gasteiger partial charge >= 0.3 is 0 Å². The number of nitrogens with one attached hydrogen (secondary N) is 1. The Kier molecular flexibility index (Phi) is 6.37. The first-order chi connectivity index (χ1) is 15.0. The van der Waals surface area contributed by atoms with Gasteiger partial charge in [-0.3, -0.25) is 5.43 Å². The van der Waals surface area contributed by atoms with E-state index in [1.807, 2.05) is 47.8 Å². The minimum Gasteiger partial charge on any atom is -0.496 e.